The van der Waals surface area contributed by atoms with E-state index in [2.05, 4.69) is 6.58 Å². The predicted molar refractivity (Wildman–Crippen MR) is 68.7 cm³/mol. The highest BCUT2D eigenvalue weighted by atomic mass is 35.5. The lowest BCUT2D eigenvalue weighted by atomic mass is 10.1. The Bertz CT molecular complexity index is 269. The molecule has 0 rings (SSSR count). The van der Waals surface area contributed by atoms with Crippen LogP contribution in [0.3, 0.4) is 0 Å². The standard InChI is InChI=1S/C13H21ClO2/c1-5-13(15)16-9-8-11(4)6-7-12(14)10(2)3/h8,12H,2,5-7,9H2,1,3-4H3/b11-8-. The lowest BCUT2D eigenvalue weighted by Crippen LogP contribution is -2.03. The van der Waals surface area contributed by atoms with Gasteiger partial charge in [-0.2, -0.15) is 0 Å². The number of halogens is 1. The van der Waals surface area contributed by atoms with Crippen molar-refractivity contribution in [2.45, 2.75) is 45.4 Å². The summed E-state index contributed by atoms with van der Waals surface area (Å²) in [5.41, 5.74) is 2.18. The number of carbonyl (C=O) groups is 1. The van der Waals surface area contributed by atoms with Gasteiger partial charge in [-0.05, 0) is 32.8 Å². The lowest BCUT2D eigenvalue weighted by molar-refractivity contribution is -0.141. The third-order valence-corrected chi connectivity index (χ3v) is 2.88. The van der Waals surface area contributed by atoms with Gasteiger partial charge < -0.3 is 4.74 Å². The number of allylic oxidation sites excluding steroid dienone is 2. The second kappa shape index (κ2) is 8.40. The molecule has 0 aliphatic heterocycles. The molecule has 0 heterocycles. The van der Waals surface area contributed by atoms with E-state index in [1.54, 1.807) is 6.92 Å². The molecule has 0 aliphatic carbocycles. The average molecular weight is 245 g/mol. The van der Waals surface area contributed by atoms with Gasteiger partial charge in [-0.15, -0.1) is 11.6 Å². The Morgan fingerprint density at radius 2 is 2.12 bits per heavy atom. The first-order valence-electron chi connectivity index (χ1n) is 5.58. The normalized spacial score (nSPS) is 13.4. The van der Waals surface area contributed by atoms with Crippen LogP contribution in [0.15, 0.2) is 23.8 Å². The topological polar surface area (TPSA) is 26.3 Å². The summed E-state index contributed by atoms with van der Waals surface area (Å²) in [6.07, 6.45) is 4.13. The molecule has 3 heteroatoms. The Balaban J connectivity index is 3.79. The van der Waals surface area contributed by atoms with Crippen molar-refractivity contribution in [2.75, 3.05) is 6.61 Å². The van der Waals surface area contributed by atoms with Crippen molar-refractivity contribution < 1.29 is 9.53 Å². The molecule has 0 fully saturated rings. The maximum absolute atomic E-state index is 10.9. The monoisotopic (exact) mass is 244 g/mol. The summed E-state index contributed by atoms with van der Waals surface area (Å²) in [7, 11) is 0. The molecule has 0 spiro atoms. The van der Waals surface area contributed by atoms with Crippen molar-refractivity contribution in [3.8, 4) is 0 Å². The Hall–Kier alpha value is -0.760. The third kappa shape index (κ3) is 7.52. The number of carbonyl (C=O) groups excluding carboxylic acids is 1. The molecule has 0 saturated heterocycles. The van der Waals surface area contributed by atoms with Crippen molar-refractivity contribution in [3.05, 3.63) is 23.8 Å². The molecule has 1 atom stereocenters. The largest absolute Gasteiger partial charge is 0.461 e. The molecule has 0 saturated carbocycles. The molecule has 92 valence electrons. The van der Waals surface area contributed by atoms with Crippen LogP contribution in [0.1, 0.15) is 40.0 Å². The minimum absolute atomic E-state index is 0.0292. The van der Waals surface area contributed by atoms with Crippen molar-refractivity contribution in [1.82, 2.24) is 0 Å². The molecule has 2 nitrogen and oxygen atoms in total. The summed E-state index contributed by atoms with van der Waals surface area (Å²) in [6.45, 7) is 9.90. The molecule has 0 aromatic rings. The van der Waals surface area contributed by atoms with Gasteiger partial charge in [0, 0.05) is 6.42 Å². The highest BCUT2D eigenvalue weighted by Gasteiger charge is 2.04. The number of rotatable bonds is 7. The molecule has 1 unspecified atom stereocenters. The minimum Gasteiger partial charge on any atom is -0.461 e. The van der Waals surface area contributed by atoms with Crippen molar-refractivity contribution in [3.63, 3.8) is 0 Å². The first kappa shape index (κ1) is 15.2. The van der Waals surface area contributed by atoms with Gasteiger partial charge in [0.25, 0.3) is 0 Å². The van der Waals surface area contributed by atoms with Crippen LogP contribution in [0.5, 0.6) is 0 Å². The van der Waals surface area contributed by atoms with E-state index in [1.807, 2.05) is 19.9 Å². The predicted octanol–water partition coefficient (Wildman–Crippen LogP) is 3.85. The van der Waals surface area contributed by atoms with Gasteiger partial charge >= 0.3 is 5.97 Å². The van der Waals surface area contributed by atoms with Gasteiger partial charge in [-0.3, -0.25) is 4.79 Å². The van der Waals surface area contributed by atoms with E-state index in [0.717, 1.165) is 18.4 Å². The highest BCUT2D eigenvalue weighted by molar-refractivity contribution is 6.22. The average Bonchev–Trinajstić information content (AvgIpc) is 2.25. The molecule has 0 aromatic carbocycles. The fourth-order valence-electron chi connectivity index (χ4n) is 1.08. The van der Waals surface area contributed by atoms with Crippen LogP contribution in [-0.2, 0) is 9.53 Å². The lowest BCUT2D eigenvalue weighted by Gasteiger charge is -2.08. The highest BCUT2D eigenvalue weighted by Crippen LogP contribution is 2.16. The van der Waals surface area contributed by atoms with Crippen molar-refractivity contribution in [2.24, 2.45) is 0 Å². The smallest absolute Gasteiger partial charge is 0.305 e. The van der Waals surface area contributed by atoms with Crippen LogP contribution in [0, 0.1) is 0 Å². The summed E-state index contributed by atoms with van der Waals surface area (Å²) in [5.74, 6) is -0.166. The SMILES string of the molecule is C=C(C)C(Cl)CC/C(C)=C\COC(=O)CC. The molecule has 0 N–H and O–H groups in total. The Morgan fingerprint density at radius 1 is 1.50 bits per heavy atom. The van der Waals surface area contributed by atoms with Gasteiger partial charge in [-0.1, -0.05) is 24.6 Å². The van der Waals surface area contributed by atoms with Crippen LogP contribution in [0.25, 0.3) is 0 Å². The quantitative estimate of drug-likeness (QED) is 0.386. The van der Waals surface area contributed by atoms with E-state index in [9.17, 15) is 4.79 Å². The van der Waals surface area contributed by atoms with Crippen molar-refractivity contribution in [1.29, 1.82) is 0 Å². The third-order valence-electron chi connectivity index (χ3n) is 2.29. The zero-order valence-corrected chi connectivity index (χ0v) is 11.1. The number of alkyl halides is 1. The molecular formula is C13H21ClO2. The van der Waals surface area contributed by atoms with Crippen LogP contribution in [0.2, 0.25) is 0 Å². The molecular weight excluding hydrogens is 224 g/mol. The minimum atomic E-state index is -0.166. The summed E-state index contributed by atoms with van der Waals surface area (Å²) in [6, 6.07) is 0. The van der Waals surface area contributed by atoms with Crippen molar-refractivity contribution >= 4 is 17.6 Å². The van der Waals surface area contributed by atoms with E-state index in [4.69, 9.17) is 16.3 Å². The Kier molecular flexibility index (Phi) is 8.00. The first-order valence-corrected chi connectivity index (χ1v) is 6.01. The summed E-state index contributed by atoms with van der Waals surface area (Å²) >= 11 is 6.05. The fourth-order valence-corrected chi connectivity index (χ4v) is 1.19. The van der Waals surface area contributed by atoms with Gasteiger partial charge in [0.1, 0.15) is 6.61 Å². The van der Waals surface area contributed by atoms with Crippen LogP contribution in [-0.4, -0.2) is 18.0 Å². The van der Waals surface area contributed by atoms with E-state index >= 15 is 0 Å². The van der Waals surface area contributed by atoms with E-state index in [-0.39, 0.29) is 11.3 Å². The summed E-state index contributed by atoms with van der Waals surface area (Å²) in [5, 5.41) is 0.0292. The van der Waals surface area contributed by atoms with Gasteiger partial charge in [0.15, 0.2) is 0 Å². The summed E-state index contributed by atoms with van der Waals surface area (Å²) < 4.78 is 4.95. The number of ether oxygens (including phenoxy) is 1. The Morgan fingerprint density at radius 3 is 2.62 bits per heavy atom. The van der Waals surface area contributed by atoms with E-state index < -0.39 is 0 Å². The van der Waals surface area contributed by atoms with Crippen LogP contribution < -0.4 is 0 Å². The second-order valence-corrected chi connectivity index (χ2v) is 4.47. The maximum Gasteiger partial charge on any atom is 0.305 e. The number of hydrogen-bond acceptors (Lipinski definition) is 2. The van der Waals surface area contributed by atoms with E-state index in [0.29, 0.717) is 13.0 Å². The zero-order chi connectivity index (χ0) is 12.6. The van der Waals surface area contributed by atoms with Crippen LogP contribution in [0.4, 0.5) is 0 Å². The Labute approximate surface area is 103 Å². The molecule has 0 radical (unpaired) electrons. The zero-order valence-electron chi connectivity index (χ0n) is 10.4. The molecule has 0 aliphatic rings. The first-order chi connectivity index (χ1) is 7.47. The second-order valence-electron chi connectivity index (χ2n) is 3.94. The molecule has 0 bridgehead atoms. The van der Waals surface area contributed by atoms with E-state index in [1.165, 1.54) is 5.57 Å². The van der Waals surface area contributed by atoms with Crippen LogP contribution >= 0.6 is 11.6 Å². The maximum atomic E-state index is 10.9. The van der Waals surface area contributed by atoms with Gasteiger partial charge in [-0.25, -0.2) is 0 Å². The number of hydrogen-bond donors (Lipinski definition) is 0. The molecule has 0 amide bonds. The molecule has 0 aromatic heterocycles. The van der Waals surface area contributed by atoms with Gasteiger partial charge in [0.05, 0.1) is 5.38 Å². The fraction of sp³-hybridized carbons (Fsp3) is 0.615. The molecule has 16 heavy (non-hydrogen) atoms. The summed E-state index contributed by atoms with van der Waals surface area (Å²) in [4.78, 5) is 10.9. The van der Waals surface area contributed by atoms with Gasteiger partial charge in [0.2, 0.25) is 0 Å². The number of esters is 1.